The highest BCUT2D eigenvalue weighted by Gasteiger charge is 2.10. The first-order chi connectivity index (χ1) is 13.7. The topological polar surface area (TPSA) is 56.5 Å². The van der Waals surface area contributed by atoms with Gasteiger partial charge in [-0.1, -0.05) is 29.5 Å². The molecule has 3 heterocycles. The number of rotatable bonds is 3. The molecule has 0 saturated carbocycles. The minimum Gasteiger partial charge on any atom is -0.256 e. The third-order valence-corrected chi connectivity index (χ3v) is 5.16. The predicted octanol–water partition coefficient (Wildman–Crippen LogP) is 4.71. The van der Waals surface area contributed by atoms with Gasteiger partial charge in [-0.2, -0.15) is 0 Å². The summed E-state index contributed by atoms with van der Waals surface area (Å²) in [5, 5.41) is 9.73. The van der Waals surface area contributed by atoms with Gasteiger partial charge in [0.25, 0.3) is 0 Å². The average Bonchev–Trinajstić information content (AvgIpc) is 3.12. The van der Waals surface area contributed by atoms with Crippen LogP contribution >= 0.6 is 0 Å². The maximum Gasteiger partial charge on any atom is 0.179 e. The molecular weight excluding hydrogens is 346 g/mol. The van der Waals surface area contributed by atoms with E-state index in [1.54, 1.807) is 0 Å². The van der Waals surface area contributed by atoms with Crippen LogP contribution in [-0.2, 0) is 6.54 Å². The normalized spacial score (nSPS) is 11.4. The largest absolute Gasteiger partial charge is 0.256 e. The molecule has 5 nitrogen and oxygen atoms in total. The number of aromatic nitrogens is 5. The van der Waals surface area contributed by atoms with E-state index in [1.807, 2.05) is 35.1 Å². The lowest BCUT2D eigenvalue weighted by Gasteiger charge is -2.07. The van der Waals surface area contributed by atoms with Crippen LogP contribution in [0, 0.1) is 13.8 Å². The van der Waals surface area contributed by atoms with E-state index in [1.165, 1.54) is 11.1 Å². The molecule has 0 amide bonds. The molecule has 28 heavy (non-hydrogen) atoms. The monoisotopic (exact) mass is 365 g/mol. The van der Waals surface area contributed by atoms with Crippen molar-refractivity contribution in [3.8, 4) is 11.3 Å². The molecule has 0 aliphatic rings. The van der Waals surface area contributed by atoms with Crippen LogP contribution in [-0.4, -0.2) is 25.0 Å². The molecule has 5 rings (SSSR count). The van der Waals surface area contributed by atoms with Gasteiger partial charge in [0, 0.05) is 17.1 Å². The zero-order valence-corrected chi connectivity index (χ0v) is 15.8. The maximum atomic E-state index is 4.86. The fourth-order valence-electron chi connectivity index (χ4n) is 3.42. The summed E-state index contributed by atoms with van der Waals surface area (Å²) in [6.45, 7) is 4.86. The van der Waals surface area contributed by atoms with E-state index in [4.69, 9.17) is 4.98 Å². The molecule has 2 aromatic carbocycles. The number of fused-ring (bicyclic) bond motifs is 2. The Morgan fingerprint density at radius 3 is 2.64 bits per heavy atom. The van der Waals surface area contributed by atoms with Gasteiger partial charge in [0.15, 0.2) is 5.65 Å². The van der Waals surface area contributed by atoms with Crippen LogP contribution in [0.5, 0.6) is 0 Å². The Labute approximate surface area is 162 Å². The van der Waals surface area contributed by atoms with Crippen LogP contribution < -0.4 is 0 Å². The quantitative estimate of drug-likeness (QED) is 0.465. The van der Waals surface area contributed by atoms with E-state index in [0.717, 1.165) is 38.9 Å². The number of pyridine rings is 2. The molecule has 0 radical (unpaired) electrons. The summed E-state index contributed by atoms with van der Waals surface area (Å²) in [4.78, 5) is 9.24. The standard InChI is InChI=1S/C23H19N5/c1-15-5-7-19(12-16(15)2)21-9-10-22-23(25-21)28(27-26-22)14-17-6-8-20-18(13-17)4-3-11-24-20/h3-13H,14H2,1-2H3. The fourth-order valence-corrected chi connectivity index (χ4v) is 3.42. The van der Waals surface area contributed by atoms with Crippen LogP contribution in [0.25, 0.3) is 33.3 Å². The minimum atomic E-state index is 0.616. The Hall–Kier alpha value is -3.60. The first-order valence-corrected chi connectivity index (χ1v) is 9.29. The third-order valence-electron chi connectivity index (χ3n) is 5.16. The maximum absolute atomic E-state index is 4.86. The van der Waals surface area contributed by atoms with Gasteiger partial charge < -0.3 is 0 Å². The molecule has 3 aromatic heterocycles. The first-order valence-electron chi connectivity index (χ1n) is 9.29. The first kappa shape index (κ1) is 16.6. The lowest BCUT2D eigenvalue weighted by Crippen LogP contribution is -2.03. The highest BCUT2D eigenvalue weighted by atomic mass is 15.4. The van der Waals surface area contributed by atoms with Gasteiger partial charge in [0.2, 0.25) is 0 Å². The Balaban J connectivity index is 1.54. The molecular formula is C23H19N5. The molecule has 0 spiro atoms. The highest BCUT2D eigenvalue weighted by molar-refractivity contribution is 5.79. The van der Waals surface area contributed by atoms with Gasteiger partial charge in [-0.25, -0.2) is 9.67 Å². The highest BCUT2D eigenvalue weighted by Crippen LogP contribution is 2.23. The summed E-state index contributed by atoms with van der Waals surface area (Å²) < 4.78 is 1.86. The van der Waals surface area contributed by atoms with Crippen molar-refractivity contribution in [1.82, 2.24) is 25.0 Å². The molecule has 0 fully saturated rings. The second-order valence-corrected chi connectivity index (χ2v) is 7.12. The summed E-state index contributed by atoms with van der Waals surface area (Å²) in [7, 11) is 0. The van der Waals surface area contributed by atoms with Crippen molar-refractivity contribution in [2.45, 2.75) is 20.4 Å². The number of benzene rings is 2. The van der Waals surface area contributed by atoms with Gasteiger partial charge >= 0.3 is 0 Å². The summed E-state index contributed by atoms with van der Waals surface area (Å²) in [6, 6.07) is 20.7. The van der Waals surface area contributed by atoms with Gasteiger partial charge in [-0.3, -0.25) is 4.98 Å². The third kappa shape index (κ3) is 2.91. The summed E-state index contributed by atoms with van der Waals surface area (Å²) in [6.07, 6.45) is 1.81. The van der Waals surface area contributed by atoms with Gasteiger partial charge in [0.1, 0.15) is 5.52 Å². The van der Waals surface area contributed by atoms with Crippen molar-refractivity contribution in [1.29, 1.82) is 0 Å². The minimum absolute atomic E-state index is 0.616. The lowest BCUT2D eigenvalue weighted by molar-refractivity contribution is 0.665. The number of hydrogen-bond donors (Lipinski definition) is 0. The number of hydrogen-bond acceptors (Lipinski definition) is 4. The van der Waals surface area contributed by atoms with Crippen molar-refractivity contribution in [3.05, 3.63) is 83.6 Å². The zero-order chi connectivity index (χ0) is 19.1. The molecule has 136 valence electrons. The molecule has 0 bridgehead atoms. The van der Waals surface area contributed by atoms with E-state index >= 15 is 0 Å². The molecule has 0 atom stereocenters. The summed E-state index contributed by atoms with van der Waals surface area (Å²) >= 11 is 0. The van der Waals surface area contributed by atoms with E-state index in [9.17, 15) is 0 Å². The Bertz CT molecular complexity index is 1320. The molecule has 0 aliphatic heterocycles. The van der Waals surface area contributed by atoms with E-state index in [-0.39, 0.29) is 0 Å². The number of nitrogens with zero attached hydrogens (tertiary/aromatic N) is 5. The molecule has 5 aromatic rings. The van der Waals surface area contributed by atoms with Crippen LogP contribution in [0.2, 0.25) is 0 Å². The predicted molar refractivity (Wildman–Crippen MR) is 111 cm³/mol. The van der Waals surface area contributed by atoms with Crippen LogP contribution in [0.15, 0.2) is 66.9 Å². The van der Waals surface area contributed by atoms with Crippen LogP contribution in [0.1, 0.15) is 16.7 Å². The Morgan fingerprint density at radius 2 is 1.75 bits per heavy atom. The van der Waals surface area contributed by atoms with Gasteiger partial charge in [0.05, 0.1) is 17.8 Å². The van der Waals surface area contributed by atoms with Crippen LogP contribution in [0.3, 0.4) is 0 Å². The molecule has 0 aliphatic carbocycles. The van der Waals surface area contributed by atoms with E-state index < -0.39 is 0 Å². The molecule has 0 N–H and O–H groups in total. The Kier molecular flexibility index (Phi) is 3.86. The van der Waals surface area contributed by atoms with E-state index in [0.29, 0.717) is 6.54 Å². The van der Waals surface area contributed by atoms with Crippen molar-refractivity contribution in [2.24, 2.45) is 0 Å². The molecule has 5 heteroatoms. The average molecular weight is 365 g/mol. The Morgan fingerprint density at radius 1 is 0.857 bits per heavy atom. The van der Waals surface area contributed by atoms with Crippen molar-refractivity contribution >= 4 is 22.1 Å². The number of aryl methyl sites for hydroxylation is 2. The SMILES string of the molecule is Cc1ccc(-c2ccc3nnn(Cc4ccc5ncccc5c4)c3n2)cc1C. The second kappa shape index (κ2) is 6.53. The summed E-state index contributed by atoms with van der Waals surface area (Å²) in [5.41, 5.74) is 8.31. The van der Waals surface area contributed by atoms with E-state index in [2.05, 4.69) is 65.5 Å². The lowest BCUT2D eigenvalue weighted by atomic mass is 10.0. The smallest absolute Gasteiger partial charge is 0.179 e. The second-order valence-electron chi connectivity index (χ2n) is 7.12. The van der Waals surface area contributed by atoms with Crippen molar-refractivity contribution < 1.29 is 0 Å². The fraction of sp³-hybridized carbons (Fsp3) is 0.130. The van der Waals surface area contributed by atoms with Gasteiger partial charge in [-0.05, 0) is 66.9 Å². The van der Waals surface area contributed by atoms with Gasteiger partial charge in [-0.15, -0.1) is 5.10 Å². The van der Waals surface area contributed by atoms with Crippen LogP contribution in [0.4, 0.5) is 0 Å². The zero-order valence-electron chi connectivity index (χ0n) is 15.8. The summed E-state index contributed by atoms with van der Waals surface area (Å²) in [5.74, 6) is 0. The molecule has 0 unspecified atom stereocenters. The van der Waals surface area contributed by atoms with Crippen molar-refractivity contribution in [3.63, 3.8) is 0 Å². The van der Waals surface area contributed by atoms with Crippen molar-refractivity contribution in [2.75, 3.05) is 0 Å². The molecule has 0 saturated heterocycles.